The van der Waals surface area contributed by atoms with Gasteiger partial charge in [-0.25, -0.2) is 0 Å². The normalized spacial score (nSPS) is 27.9. The summed E-state index contributed by atoms with van der Waals surface area (Å²) in [4.78, 5) is 0. The number of thioether (sulfide) groups is 1. The minimum absolute atomic E-state index is 0.825. The molecule has 0 radical (unpaired) electrons. The molecule has 2 unspecified atom stereocenters. The molecule has 1 aliphatic carbocycles. The third-order valence-electron chi connectivity index (χ3n) is 3.21. The van der Waals surface area contributed by atoms with Gasteiger partial charge < -0.3 is 5.32 Å². The van der Waals surface area contributed by atoms with E-state index in [1.165, 1.54) is 43.6 Å². The van der Waals surface area contributed by atoms with E-state index >= 15 is 0 Å². The summed E-state index contributed by atoms with van der Waals surface area (Å²) in [6.07, 6.45) is 7.20. The molecule has 0 aliphatic heterocycles. The maximum Gasteiger partial charge on any atom is 0.00955 e. The summed E-state index contributed by atoms with van der Waals surface area (Å²) in [7, 11) is 0. The predicted molar refractivity (Wildman–Crippen MR) is 67.0 cm³/mol. The molecule has 0 aromatic rings. The molecule has 0 aromatic heterocycles. The third kappa shape index (κ3) is 4.22. The van der Waals surface area contributed by atoms with Crippen LogP contribution in [0.5, 0.6) is 0 Å². The summed E-state index contributed by atoms with van der Waals surface area (Å²) in [5.41, 5.74) is 0. The zero-order chi connectivity index (χ0) is 10.2. The van der Waals surface area contributed by atoms with Crippen LogP contribution in [0.15, 0.2) is 0 Å². The molecule has 0 amide bonds. The highest BCUT2D eigenvalue weighted by molar-refractivity contribution is 7.99. The first-order valence-electron chi connectivity index (χ1n) is 6.19. The largest absolute Gasteiger partial charge is 0.314 e. The Kier molecular flexibility index (Phi) is 6.70. The molecule has 84 valence electrons. The van der Waals surface area contributed by atoms with E-state index in [1.54, 1.807) is 0 Å². The number of rotatable bonds is 6. The van der Waals surface area contributed by atoms with Crippen LogP contribution in [0, 0.1) is 5.92 Å². The minimum atomic E-state index is 0.825. The Balaban J connectivity index is 2.22. The van der Waals surface area contributed by atoms with E-state index < -0.39 is 0 Å². The van der Waals surface area contributed by atoms with Crippen LogP contribution >= 0.6 is 11.8 Å². The quantitative estimate of drug-likeness (QED) is 0.682. The first-order valence-corrected chi connectivity index (χ1v) is 7.35. The lowest BCUT2D eigenvalue weighted by Crippen LogP contribution is -2.38. The highest BCUT2D eigenvalue weighted by atomic mass is 32.2. The zero-order valence-electron chi connectivity index (χ0n) is 9.72. The Labute approximate surface area is 93.4 Å². The van der Waals surface area contributed by atoms with Gasteiger partial charge in [-0.15, -0.1) is 0 Å². The van der Waals surface area contributed by atoms with Gasteiger partial charge in [-0.2, -0.15) is 11.8 Å². The van der Waals surface area contributed by atoms with Gasteiger partial charge in [0.25, 0.3) is 0 Å². The fraction of sp³-hybridized carbons (Fsp3) is 1.00. The maximum absolute atomic E-state index is 3.65. The van der Waals surface area contributed by atoms with Crippen LogP contribution in [-0.4, -0.2) is 24.1 Å². The van der Waals surface area contributed by atoms with Gasteiger partial charge in [0.05, 0.1) is 0 Å². The van der Waals surface area contributed by atoms with Crippen molar-refractivity contribution in [2.45, 2.75) is 52.0 Å². The van der Waals surface area contributed by atoms with Gasteiger partial charge in [-0.05, 0) is 43.2 Å². The van der Waals surface area contributed by atoms with Gasteiger partial charge >= 0.3 is 0 Å². The second-order valence-corrected chi connectivity index (χ2v) is 5.59. The first-order chi connectivity index (χ1) is 6.88. The van der Waals surface area contributed by atoms with Crippen LogP contribution in [0.25, 0.3) is 0 Å². The summed E-state index contributed by atoms with van der Waals surface area (Å²) in [6, 6.07) is 0.825. The monoisotopic (exact) mass is 215 g/mol. The smallest absolute Gasteiger partial charge is 0.00955 e. The van der Waals surface area contributed by atoms with Crippen molar-refractivity contribution in [3.05, 3.63) is 0 Å². The van der Waals surface area contributed by atoms with E-state index in [4.69, 9.17) is 0 Å². The Morgan fingerprint density at radius 2 is 2.00 bits per heavy atom. The number of hydrogen-bond donors (Lipinski definition) is 1. The fourth-order valence-corrected chi connectivity index (χ4v) is 3.22. The SMILES string of the molecule is CCNC1CCCCC1CCSCC. The van der Waals surface area contributed by atoms with Crippen LogP contribution in [0.3, 0.4) is 0 Å². The molecule has 14 heavy (non-hydrogen) atoms. The number of hydrogen-bond acceptors (Lipinski definition) is 2. The summed E-state index contributed by atoms with van der Waals surface area (Å²) in [5, 5.41) is 3.65. The van der Waals surface area contributed by atoms with Crippen molar-refractivity contribution in [1.29, 1.82) is 0 Å². The molecule has 0 heterocycles. The lowest BCUT2D eigenvalue weighted by Gasteiger charge is -2.32. The van der Waals surface area contributed by atoms with Crippen LogP contribution in [0.1, 0.15) is 46.0 Å². The highest BCUT2D eigenvalue weighted by Gasteiger charge is 2.23. The van der Waals surface area contributed by atoms with Gasteiger partial charge in [-0.3, -0.25) is 0 Å². The molecule has 0 aromatic carbocycles. The molecule has 1 saturated carbocycles. The third-order valence-corrected chi connectivity index (χ3v) is 4.15. The van der Waals surface area contributed by atoms with E-state index in [9.17, 15) is 0 Å². The predicted octanol–water partition coefficient (Wildman–Crippen LogP) is 3.30. The zero-order valence-corrected chi connectivity index (χ0v) is 10.5. The van der Waals surface area contributed by atoms with E-state index in [0.717, 1.165) is 18.5 Å². The standard InChI is InChI=1S/C12H25NS/c1-3-13-12-8-6-5-7-11(12)9-10-14-4-2/h11-13H,3-10H2,1-2H3. The Hall–Kier alpha value is 0.310. The Morgan fingerprint density at radius 1 is 1.21 bits per heavy atom. The van der Waals surface area contributed by atoms with Crippen LogP contribution in [0.2, 0.25) is 0 Å². The van der Waals surface area contributed by atoms with Gasteiger partial charge in [-0.1, -0.05) is 26.7 Å². The molecule has 0 saturated heterocycles. The van der Waals surface area contributed by atoms with Crippen molar-refractivity contribution in [1.82, 2.24) is 5.32 Å². The molecule has 2 atom stereocenters. The summed E-state index contributed by atoms with van der Waals surface area (Å²) in [5.74, 6) is 3.60. The first kappa shape index (κ1) is 12.4. The molecule has 1 nitrogen and oxygen atoms in total. The molecule has 0 bridgehead atoms. The fourth-order valence-electron chi connectivity index (χ4n) is 2.46. The van der Waals surface area contributed by atoms with Crippen molar-refractivity contribution >= 4 is 11.8 Å². The van der Waals surface area contributed by atoms with Crippen molar-refractivity contribution in [2.24, 2.45) is 5.92 Å². The van der Waals surface area contributed by atoms with Crippen LogP contribution < -0.4 is 5.32 Å². The lowest BCUT2D eigenvalue weighted by molar-refractivity contribution is 0.260. The van der Waals surface area contributed by atoms with Gasteiger partial charge in [0.15, 0.2) is 0 Å². The molecular formula is C12H25NS. The van der Waals surface area contributed by atoms with Gasteiger partial charge in [0, 0.05) is 6.04 Å². The minimum Gasteiger partial charge on any atom is -0.314 e. The second-order valence-electron chi connectivity index (χ2n) is 4.19. The van der Waals surface area contributed by atoms with E-state index in [-0.39, 0.29) is 0 Å². The van der Waals surface area contributed by atoms with Crippen molar-refractivity contribution in [3.63, 3.8) is 0 Å². The van der Waals surface area contributed by atoms with Gasteiger partial charge in [0.2, 0.25) is 0 Å². The van der Waals surface area contributed by atoms with Crippen molar-refractivity contribution in [3.8, 4) is 0 Å². The van der Waals surface area contributed by atoms with Crippen molar-refractivity contribution < 1.29 is 0 Å². The average molecular weight is 215 g/mol. The molecule has 1 N–H and O–H groups in total. The Morgan fingerprint density at radius 3 is 2.71 bits per heavy atom. The molecule has 1 fully saturated rings. The van der Waals surface area contributed by atoms with E-state index in [2.05, 4.69) is 30.9 Å². The maximum atomic E-state index is 3.65. The molecule has 2 heteroatoms. The highest BCUT2D eigenvalue weighted by Crippen LogP contribution is 2.28. The summed E-state index contributed by atoms with van der Waals surface area (Å²) < 4.78 is 0. The summed E-state index contributed by atoms with van der Waals surface area (Å²) in [6.45, 7) is 5.63. The lowest BCUT2D eigenvalue weighted by atomic mass is 9.83. The van der Waals surface area contributed by atoms with E-state index in [0.29, 0.717) is 0 Å². The Bertz CT molecular complexity index is 136. The molecular weight excluding hydrogens is 190 g/mol. The van der Waals surface area contributed by atoms with Crippen LogP contribution in [0.4, 0.5) is 0 Å². The molecule has 1 rings (SSSR count). The summed E-state index contributed by atoms with van der Waals surface area (Å²) >= 11 is 2.09. The van der Waals surface area contributed by atoms with Gasteiger partial charge in [0.1, 0.15) is 0 Å². The van der Waals surface area contributed by atoms with Crippen LogP contribution in [-0.2, 0) is 0 Å². The average Bonchev–Trinajstić information content (AvgIpc) is 2.21. The topological polar surface area (TPSA) is 12.0 Å². The van der Waals surface area contributed by atoms with E-state index in [1.807, 2.05) is 0 Å². The molecule has 1 aliphatic rings. The van der Waals surface area contributed by atoms with Crippen molar-refractivity contribution in [2.75, 3.05) is 18.1 Å². The molecule has 0 spiro atoms. The number of nitrogens with one attached hydrogen (secondary N) is 1. The second kappa shape index (κ2) is 7.58.